The van der Waals surface area contributed by atoms with Gasteiger partial charge in [-0.15, -0.1) is 0 Å². The maximum absolute atomic E-state index is 13.3. The first-order chi connectivity index (χ1) is 11.8. The van der Waals surface area contributed by atoms with Crippen LogP contribution in [-0.4, -0.2) is 31.4 Å². The average molecular weight is 321 g/mol. The van der Waals surface area contributed by atoms with Gasteiger partial charge in [0.2, 0.25) is 0 Å². The lowest BCUT2D eigenvalue weighted by atomic mass is 10.1. The molecule has 1 aliphatic heterocycles. The second-order valence-corrected chi connectivity index (χ2v) is 5.87. The van der Waals surface area contributed by atoms with E-state index in [-0.39, 0.29) is 5.82 Å². The van der Waals surface area contributed by atoms with Crippen molar-refractivity contribution in [3.05, 3.63) is 71.8 Å². The molecule has 24 heavy (non-hydrogen) atoms. The molecule has 5 nitrogen and oxygen atoms in total. The summed E-state index contributed by atoms with van der Waals surface area (Å²) < 4.78 is 13.3. The lowest BCUT2D eigenvalue weighted by Crippen LogP contribution is -2.31. The third-order valence-corrected chi connectivity index (χ3v) is 4.12. The molecule has 0 saturated carbocycles. The van der Waals surface area contributed by atoms with Gasteiger partial charge in [-0.3, -0.25) is 14.9 Å². The van der Waals surface area contributed by atoms with E-state index >= 15 is 0 Å². The minimum Gasteiger partial charge on any atom is -0.294 e. The standard InChI is InChI=1S/C18H16FN5/c19-16-7-13(8-21-10-16)11-24-6-3-17-15(12-24)9-22-18(23-17)14-1-4-20-5-2-14/h1-2,4-5,7-10H,3,6,11-12H2. The molecule has 0 spiro atoms. The highest BCUT2D eigenvalue weighted by atomic mass is 19.1. The summed E-state index contributed by atoms with van der Waals surface area (Å²) in [5, 5.41) is 0. The monoisotopic (exact) mass is 321 g/mol. The molecule has 6 heteroatoms. The van der Waals surface area contributed by atoms with Gasteiger partial charge >= 0.3 is 0 Å². The van der Waals surface area contributed by atoms with Crippen molar-refractivity contribution < 1.29 is 4.39 Å². The van der Waals surface area contributed by atoms with Crippen LogP contribution >= 0.6 is 0 Å². The largest absolute Gasteiger partial charge is 0.294 e. The van der Waals surface area contributed by atoms with Crippen molar-refractivity contribution in [2.24, 2.45) is 0 Å². The Morgan fingerprint density at radius 2 is 1.96 bits per heavy atom. The molecule has 0 N–H and O–H groups in total. The Kier molecular flexibility index (Phi) is 3.96. The summed E-state index contributed by atoms with van der Waals surface area (Å²) in [6.07, 6.45) is 9.18. The van der Waals surface area contributed by atoms with E-state index in [1.165, 1.54) is 12.3 Å². The van der Waals surface area contributed by atoms with Gasteiger partial charge in [-0.1, -0.05) is 0 Å². The SMILES string of the molecule is Fc1cncc(CN2CCc3nc(-c4ccncc4)ncc3C2)c1. The van der Waals surface area contributed by atoms with E-state index in [1.807, 2.05) is 18.3 Å². The molecular weight excluding hydrogens is 305 g/mol. The van der Waals surface area contributed by atoms with E-state index in [4.69, 9.17) is 4.98 Å². The Morgan fingerprint density at radius 1 is 1.08 bits per heavy atom. The van der Waals surface area contributed by atoms with E-state index < -0.39 is 0 Å². The van der Waals surface area contributed by atoms with Gasteiger partial charge in [0.1, 0.15) is 5.82 Å². The van der Waals surface area contributed by atoms with Crippen molar-refractivity contribution in [3.8, 4) is 11.4 Å². The first kappa shape index (κ1) is 14.8. The summed E-state index contributed by atoms with van der Waals surface area (Å²) in [6.45, 7) is 2.33. The Balaban J connectivity index is 1.52. The number of pyridine rings is 2. The average Bonchev–Trinajstić information content (AvgIpc) is 2.62. The van der Waals surface area contributed by atoms with Crippen LogP contribution in [0.15, 0.2) is 49.2 Å². The molecule has 4 heterocycles. The van der Waals surface area contributed by atoms with Crippen molar-refractivity contribution >= 4 is 0 Å². The van der Waals surface area contributed by atoms with Crippen LogP contribution in [0.2, 0.25) is 0 Å². The summed E-state index contributed by atoms with van der Waals surface area (Å²) in [5.41, 5.74) is 4.07. The molecule has 1 aliphatic rings. The zero-order chi connectivity index (χ0) is 16.4. The molecule has 0 fully saturated rings. The molecule has 0 radical (unpaired) electrons. The second kappa shape index (κ2) is 6.41. The van der Waals surface area contributed by atoms with Crippen LogP contribution in [0.1, 0.15) is 16.8 Å². The lowest BCUT2D eigenvalue weighted by molar-refractivity contribution is 0.242. The zero-order valence-electron chi connectivity index (χ0n) is 13.1. The zero-order valence-corrected chi connectivity index (χ0v) is 13.1. The molecule has 3 aromatic rings. The number of fused-ring (bicyclic) bond motifs is 1. The molecule has 0 saturated heterocycles. The fourth-order valence-corrected chi connectivity index (χ4v) is 2.95. The fourth-order valence-electron chi connectivity index (χ4n) is 2.95. The van der Waals surface area contributed by atoms with Crippen LogP contribution in [0.25, 0.3) is 11.4 Å². The van der Waals surface area contributed by atoms with Gasteiger partial charge in [0.25, 0.3) is 0 Å². The molecule has 0 amide bonds. The first-order valence-corrected chi connectivity index (χ1v) is 7.85. The topological polar surface area (TPSA) is 54.8 Å². The van der Waals surface area contributed by atoms with E-state index in [0.717, 1.165) is 47.7 Å². The van der Waals surface area contributed by atoms with E-state index in [9.17, 15) is 4.39 Å². The summed E-state index contributed by atoms with van der Waals surface area (Å²) >= 11 is 0. The normalized spacial score (nSPS) is 14.4. The number of nitrogens with zero attached hydrogens (tertiary/aromatic N) is 5. The predicted octanol–water partition coefficient (Wildman–Crippen LogP) is 2.63. The van der Waals surface area contributed by atoms with E-state index in [1.54, 1.807) is 18.6 Å². The maximum Gasteiger partial charge on any atom is 0.159 e. The molecule has 0 aliphatic carbocycles. The highest BCUT2D eigenvalue weighted by Crippen LogP contribution is 2.21. The van der Waals surface area contributed by atoms with Gasteiger partial charge in [-0.2, -0.15) is 0 Å². The van der Waals surface area contributed by atoms with Crippen molar-refractivity contribution in [2.45, 2.75) is 19.5 Å². The van der Waals surface area contributed by atoms with E-state index in [2.05, 4.69) is 19.9 Å². The smallest absolute Gasteiger partial charge is 0.159 e. The fraction of sp³-hybridized carbons (Fsp3) is 0.222. The summed E-state index contributed by atoms with van der Waals surface area (Å²) in [5.74, 6) is 0.439. The molecule has 0 bridgehead atoms. The summed E-state index contributed by atoms with van der Waals surface area (Å²) in [6, 6.07) is 5.35. The highest BCUT2D eigenvalue weighted by Gasteiger charge is 2.19. The molecule has 120 valence electrons. The first-order valence-electron chi connectivity index (χ1n) is 7.85. The number of aromatic nitrogens is 4. The summed E-state index contributed by atoms with van der Waals surface area (Å²) in [4.78, 5) is 19.4. The van der Waals surface area contributed by atoms with Gasteiger partial charge in [-0.05, 0) is 23.8 Å². The molecule has 0 unspecified atom stereocenters. The van der Waals surface area contributed by atoms with Crippen LogP contribution in [0.5, 0.6) is 0 Å². The van der Waals surface area contributed by atoms with Crippen LogP contribution in [0.3, 0.4) is 0 Å². The Morgan fingerprint density at radius 3 is 2.79 bits per heavy atom. The number of hydrogen-bond acceptors (Lipinski definition) is 5. The Hall–Kier alpha value is -2.73. The Labute approximate surface area is 139 Å². The minimum atomic E-state index is -0.296. The molecule has 4 rings (SSSR count). The molecule has 3 aromatic heterocycles. The Bertz CT molecular complexity index is 853. The van der Waals surface area contributed by atoms with Crippen LogP contribution in [0.4, 0.5) is 4.39 Å². The van der Waals surface area contributed by atoms with E-state index in [0.29, 0.717) is 6.54 Å². The van der Waals surface area contributed by atoms with Crippen LogP contribution in [-0.2, 0) is 19.5 Å². The number of hydrogen-bond donors (Lipinski definition) is 0. The number of rotatable bonds is 3. The lowest BCUT2D eigenvalue weighted by Gasteiger charge is -2.28. The minimum absolute atomic E-state index is 0.296. The van der Waals surface area contributed by atoms with Crippen molar-refractivity contribution in [3.63, 3.8) is 0 Å². The predicted molar refractivity (Wildman–Crippen MR) is 87.3 cm³/mol. The van der Waals surface area contributed by atoms with Gasteiger partial charge in [-0.25, -0.2) is 14.4 Å². The van der Waals surface area contributed by atoms with Gasteiger partial charge in [0.15, 0.2) is 5.82 Å². The third-order valence-electron chi connectivity index (χ3n) is 4.12. The van der Waals surface area contributed by atoms with Crippen molar-refractivity contribution in [1.29, 1.82) is 0 Å². The quantitative estimate of drug-likeness (QED) is 0.742. The van der Waals surface area contributed by atoms with Gasteiger partial charge in [0, 0.05) is 62.0 Å². The second-order valence-electron chi connectivity index (χ2n) is 5.87. The van der Waals surface area contributed by atoms with Gasteiger partial charge < -0.3 is 0 Å². The third kappa shape index (κ3) is 3.14. The molecule has 0 aromatic carbocycles. The maximum atomic E-state index is 13.3. The van der Waals surface area contributed by atoms with Crippen molar-refractivity contribution in [1.82, 2.24) is 24.8 Å². The van der Waals surface area contributed by atoms with Crippen LogP contribution < -0.4 is 0 Å². The summed E-state index contributed by atoms with van der Waals surface area (Å²) in [7, 11) is 0. The highest BCUT2D eigenvalue weighted by molar-refractivity contribution is 5.54. The van der Waals surface area contributed by atoms with Crippen molar-refractivity contribution in [2.75, 3.05) is 6.54 Å². The van der Waals surface area contributed by atoms with Crippen LogP contribution in [0, 0.1) is 5.82 Å². The molecule has 0 atom stereocenters. The molecular formula is C18H16FN5. The number of halogens is 1. The van der Waals surface area contributed by atoms with Gasteiger partial charge in [0.05, 0.1) is 11.9 Å².